The molecule has 6 bridgehead atoms. The number of hydrogen-bond acceptors (Lipinski definition) is 11. The monoisotopic (exact) mass is 787 g/mol. The van der Waals surface area contributed by atoms with E-state index in [-0.39, 0.29) is 0 Å². The number of carbonyl (C=O) groups is 2. The summed E-state index contributed by atoms with van der Waals surface area (Å²) in [5.74, 6) is 0.732. The molecule has 6 aromatic rings. The molecule has 0 amide bonds. The minimum absolute atomic E-state index is 0.411. The van der Waals surface area contributed by atoms with Crippen molar-refractivity contribution in [3.05, 3.63) is 130 Å². The second kappa shape index (κ2) is 12.9. The van der Waals surface area contributed by atoms with E-state index in [1.807, 2.05) is 120 Å². The van der Waals surface area contributed by atoms with E-state index < -0.39 is 29.0 Å². The van der Waals surface area contributed by atoms with Gasteiger partial charge in [-0.1, -0.05) is 97.1 Å². The summed E-state index contributed by atoms with van der Waals surface area (Å²) in [6, 6.07) is 32.0. The number of benzene rings is 4. The van der Waals surface area contributed by atoms with Crippen LogP contribution in [-0.2, 0) is 18.1 Å². The van der Waals surface area contributed by atoms with Gasteiger partial charge in [0.05, 0.1) is 0 Å². The van der Waals surface area contributed by atoms with E-state index in [1.54, 1.807) is 0 Å². The summed E-state index contributed by atoms with van der Waals surface area (Å²) < 4.78 is 18.3. The molecule has 0 radical (unpaired) electrons. The Morgan fingerprint density at radius 2 is 1.04 bits per heavy atom. The van der Waals surface area contributed by atoms with E-state index in [1.165, 1.54) is 6.92 Å². The van der Waals surface area contributed by atoms with Crippen LogP contribution in [0.2, 0.25) is 19.1 Å². The molecule has 2 aromatic heterocycles. The number of aromatic nitrogens is 2. The highest BCUT2D eigenvalue weighted by Crippen LogP contribution is 2.44. The second-order valence-electron chi connectivity index (χ2n) is 15.4. The maximum atomic E-state index is 14.3. The Morgan fingerprint density at radius 3 is 1.47 bits per heavy atom. The lowest BCUT2D eigenvalue weighted by atomic mass is 10.1. The summed E-state index contributed by atoms with van der Waals surface area (Å²) >= 11 is 0. The van der Waals surface area contributed by atoms with Crippen LogP contribution in [0.1, 0.15) is 35.6 Å². The lowest BCUT2D eigenvalue weighted by molar-refractivity contribution is -0.147. The molecule has 13 nitrogen and oxygen atoms in total. The molecule has 0 spiro atoms. The Kier molecular flexibility index (Phi) is 7.95. The van der Waals surface area contributed by atoms with Crippen molar-refractivity contribution in [3.63, 3.8) is 0 Å². The van der Waals surface area contributed by atoms with E-state index in [2.05, 4.69) is 18.0 Å². The average Bonchev–Trinajstić information content (AvgIpc) is 3.90. The Morgan fingerprint density at radius 1 is 0.614 bits per heavy atom. The Labute approximate surface area is 329 Å². The standard InChI is InChI=1S/C42H37N9O4Si2/c1-25(52)42(53)54-57(55-56(4,5)24-14-23-49(2)3)50-38-30-19-10-11-20-31(30)40(50)47-36-28-17-8-9-18-29(28)37(44-36)48-41-33-22-13-12-21-32(33)39(51(41)57)46-35-27-16-7-6-15-26(27)34(43-35)45-38/h6-13,15-22H,14,23-24H2,1-5H3. The highest BCUT2D eigenvalue weighted by Gasteiger charge is 2.59. The Bertz CT molecular complexity index is 2870. The zero-order valence-electron chi connectivity index (χ0n) is 32.0. The number of rotatable bonds is 8. The van der Waals surface area contributed by atoms with Crippen LogP contribution in [-0.4, -0.2) is 86.3 Å². The molecule has 4 aliphatic rings. The number of hydrogen-bond donors (Lipinski definition) is 0. The predicted octanol–water partition coefficient (Wildman–Crippen LogP) is 5.68. The van der Waals surface area contributed by atoms with Crippen LogP contribution in [0.15, 0.2) is 127 Å². The number of aliphatic imine (C=N–C) groups is 4. The van der Waals surface area contributed by atoms with Crippen molar-refractivity contribution < 1.29 is 18.1 Å². The molecule has 0 aliphatic carbocycles. The average molecular weight is 788 g/mol. The Hall–Kier alpha value is -6.27. The second-order valence-corrected chi connectivity index (χ2v) is 22.4. The molecule has 57 heavy (non-hydrogen) atoms. The van der Waals surface area contributed by atoms with E-state index in [0.717, 1.165) is 56.8 Å². The first-order valence-corrected chi connectivity index (χ1v) is 23.7. The molecular formula is C42H37N9O4Si2. The van der Waals surface area contributed by atoms with Crippen molar-refractivity contribution in [2.45, 2.75) is 32.5 Å². The van der Waals surface area contributed by atoms with Crippen LogP contribution in [0.3, 0.4) is 0 Å². The summed E-state index contributed by atoms with van der Waals surface area (Å²) in [5.41, 5.74) is 4.01. The molecular weight excluding hydrogens is 751 g/mol. The summed E-state index contributed by atoms with van der Waals surface area (Å²) in [6.45, 7) is 6.28. The molecule has 282 valence electrons. The van der Waals surface area contributed by atoms with Gasteiger partial charge in [0.15, 0.2) is 31.7 Å². The van der Waals surface area contributed by atoms with Gasteiger partial charge in [0.1, 0.15) is 22.6 Å². The summed E-state index contributed by atoms with van der Waals surface area (Å²) in [6.07, 6.45) is 0.829. The van der Waals surface area contributed by atoms with Gasteiger partial charge in [0.25, 0.3) is 0 Å². The fourth-order valence-electron chi connectivity index (χ4n) is 8.06. The van der Waals surface area contributed by atoms with Crippen molar-refractivity contribution in [1.29, 1.82) is 0 Å². The van der Waals surface area contributed by atoms with Crippen LogP contribution in [0.25, 0.3) is 21.5 Å². The number of carbonyl (C=O) groups excluding carboxylic acids is 2. The number of ketones is 1. The van der Waals surface area contributed by atoms with Crippen LogP contribution in [0.5, 0.6) is 0 Å². The topological polar surface area (TPSA) is 140 Å². The molecule has 1 unspecified atom stereocenters. The lowest BCUT2D eigenvalue weighted by Gasteiger charge is -2.38. The van der Waals surface area contributed by atoms with Gasteiger partial charge in [0.2, 0.25) is 5.78 Å². The van der Waals surface area contributed by atoms with Crippen LogP contribution in [0, 0.1) is 0 Å². The van der Waals surface area contributed by atoms with Crippen LogP contribution in [0.4, 0.5) is 11.6 Å². The minimum Gasteiger partial charge on any atom is -0.456 e. The molecule has 15 heteroatoms. The summed E-state index contributed by atoms with van der Waals surface area (Å²) in [4.78, 5) is 61.4. The lowest BCUT2D eigenvalue weighted by Crippen LogP contribution is -2.68. The number of fused-ring (bicyclic) bond motifs is 14. The first-order chi connectivity index (χ1) is 27.5. The first kappa shape index (κ1) is 35.2. The molecule has 4 aliphatic heterocycles. The van der Waals surface area contributed by atoms with Crippen molar-refractivity contribution in [1.82, 2.24) is 13.4 Å². The van der Waals surface area contributed by atoms with Gasteiger partial charge in [-0.05, 0) is 46.2 Å². The van der Waals surface area contributed by atoms with Crippen molar-refractivity contribution in [3.8, 4) is 0 Å². The zero-order chi connectivity index (χ0) is 39.2. The number of amidine groups is 4. The number of nitrogens with zero attached hydrogens (tertiary/aromatic N) is 9. The predicted molar refractivity (Wildman–Crippen MR) is 224 cm³/mol. The first-order valence-electron chi connectivity index (χ1n) is 18.9. The summed E-state index contributed by atoms with van der Waals surface area (Å²) in [7, 11) is -3.56. The molecule has 0 saturated carbocycles. The quantitative estimate of drug-likeness (QED) is 0.144. The molecule has 1 atom stereocenters. The van der Waals surface area contributed by atoms with Crippen molar-refractivity contribution in [2.75, 3.05) is 20.6 Å². The van der Waals surface area contributed by atoms with Gasteiger partial charge >= 0.3 is 14.9 Å². The number of Topliss-reactive ketones (excluding diaryl/α,β-unsaturated/α-hetero) is 1. The summed E-state index contributed by atoms with van der Waals surface area (Å²) in [5, 5.41) is 2.89. The van der Waals surface area contributed by atoms with Crippen molar-refractivity contribution in [2.24, 2.45) is 30.0 Å². The van der Waals surface area contributed by atoms with Gasteiger partial charge in [0, 0.05) is 50.7 Å². The largest absolute Gasteiger partial charge is 0.662 e. The zero-order valence-corrected chi connectivity index (χ0v) is 34.0. The SMILES string of the molecule is CC(=O)C(=O)O[Si]1(O[Si](C)(C)CCCN(C)C)n2c3c4ccccc4c2N=C2N=C(N=c4c5ccccc5c(n41)=NC1=NC(=N3)c3ccccc31)c1ccccc12. The Balaban J connectivity index is 1.48. The molecule has 0 saturated heterocycles. The van der Waals surface area contributed by atoms with Crippen LogP contribution < -0.4 is 11.0 Å². The maximum absolute atomic E-state index is 14.3. The van der Waals surface area contributed by atoms with Gasteiger partial charge < -0.3 is 13.4 Å². The van der Waals surface area contributed by atoms with Crippen LogP contribution >= 0.6 is 0 Å². The highest BCUT2D eigenvalue weighted by molar-refractivity contribution is 6.83. The third kappa shape index (κ3) is 5.49. The minimum atomic E-state index is -4.75. The van der Waals surface area contributed by atoms with Gasteiger partial charge in [-0.15, -0.1) is 0 Å². The fraction of sp³-hybridized carbons (Fsp3) is 0.190. The smallest absolute Gasteiger partial charge is 0.456 e. The maximum Gasteiger partial charge on any atom is 0.662 e. The van der Waals surface area contributed by atoms with E-state index >= 15 is 0 Å². The third-order valence-corrected chi connectivity index (χ3v) is 17.9. The van der Waals surface area contributed by atoms with Gasteiger partial charge in [-0.25, -0.2) is 34.7 Å². The molecule has 0 fully saturated rings. The normalized spacial score (nSPS) is 17.5. The highest BCUT2D eigenvalue weighted by atomic mass is 28.5. The van der Waals surface area contributed by atoms with E-state index in [9.17, 15) is 9.59 Å². The van der Waals surface area contributed by atoms with Gasteiger partial charge in [-0.2, -0.15) is 0 Å². The third-order valence-electron chi connectivity index (χ3n) is 10.6. The molecule has 4 aromatic carbocycles. The molecule has 0 N–H and O–H groups in total. The van der Waals surface area contributed by atoms with E-state index in [0.29, 0.717) is 52.0 Å². The van der Waals surface area contributed by atoms with Gasteiger partial charge in [-0.3, -0.25) is 13.3 Å². The fourth-order valence-corrected chi connectivity index (χ4v) is 15.8. The van der Waals surface area contributed by atoms with E-state index in [4.69, 9.17) is 38.5 Å². The van der Waals surface area contributed by atoms with Crippen molar-refractivity contribution >= 4 is 85.5 Å². The molecule has 6 heterocycles. The molecule has 10 rings (SSSR count).